The van der Waals surface area contributed by atoms with Crippen molar-refractivity contribution < 1.29 is 24.1 Å². The summed E-state index contributed by atoms with van der Waals surface area (Å²) in [6, 6.07) is 9.29. The van der Waals surface area contributed by atoms with Crippen molar-refractivity contribution in [2.45, 2.75) is 38.6 Å². The largest absolute Gasteiger partial charge is 0.392 e. The molecule has 2 rings (SSSR count). The minimum atomic E-state index is -0.490. The summed E-state index contributed by atoms with van der Waals surface area (Å²) in [5, 5.41) is 9.01. The Morgan fingerprint density at radius 2 is 2.05 bits per heavy atom. The molecule has 1 aromatic rings. The monoisotopic (exact) mass is 300 g/mol. The Labute approximate surface area is 121 Å². The van der Waals surface area contributed by atoms with Crippen LogP contribution in [0.25, 0.3) is 0 Å². The highest BCUT2D eigenvalue weighted by atomic mass is 31.1. The first-order valence-corrected chi connectivity index (χ1v) is 8.00. The van der Waals surface area contributed by atoms with Crippen LogP contribution in [0.1, 0.15) is 25.7 Å². The molecule has 0 amide bonds. The van der Waals surface area contributed by atoms with E-state index < -0.39 is 18.6 Å². The van der Waals surface area contributed by atoms with Crippen molar-refractivity contribution in [2.75, 3.05) is 13.0 Å². The summed E-state index contributed by atoms with van der Waals surface area (Å²) in [4.78, 5) is 0. The van der Waals surface area contributed by atoms with E-state index in [9.17, 15) is 0 Å². The van der Waals surface area contributed by atoms with Gasteiger partial charge in [-0.3, -0.25) is 0 Å². The van der Waals surface area contributed by atoms with Crippen LogP contribution < -0.4 is 0 Å². The van der Waals surface area contributed by atoms with Crippen molar-refractivity contribution in [3.8, 4) is 0 Å². The second-order valence-electron chi connectivity index (χ2n) is 4.37. The fourth-order valence-electron chi connectivity index (χ4n) is 1.93. The van der Waals surface area contributed by atoms with E-state index in [1.54, 1.807) is 0 Å². The molecule has 1 N–H and O–H groups in total. The number of hydrogen-bond donors (Lipinski definition) is 1. The van der Waals surface area contributed by atoms with E-state index >= 15 is 0 Å². The number of ether oxygens (including phenoxy) is 4. The third kappa shape index (κ3) is 4.22. The Morgan fingerprint density at radius 3 is 2.70 bits per heavy atom. The van der Waals surface area contributed by atoms with Crippen LogP contribution in [-0.4, -0.2) is 36.5 Å². The van der Waals surface area contributed by atoms with Crippen LogP contribution in [0, 0.1) is 0 Å². The van der Waals surface area contributed by atoms with E-state index in [1.165, 1.54) is 0 Å². The average molecular weight is 300 g/mol. The van der Waals surface area contributed by atoms with E-state index in [0.717, 1.165) is 5.56 Å². The molecule has 20 heavy (non-hydrogen) atoms. The van der Waals surface area contributed by atoms with Crippen LogP contribution in [0.4, 0.5) is 0 Å². The topological polar surface area (TPSA) is 57.2 Å². The highest BCUT2D eigenvalue weighted by Gasteiger charge is 2.36. The van der Waals surface area contributed by atoms with Crippen LogP contribution in [0.2, 0.25) is 0 Å². The first-order valence-electron chi connectivity index (χ1n) is 6.71. The fourth-order valence-corrected chi connectivity index (χ4v) is 2.59. The zero-order valence-corrected chi connectivity index (χ0v) is 12.7. The van der Waals surface area contributed by atoms with Crippen LogP contribution in [0.5, 0.6) is 0 Å². The zero-order chi connectivity index (χ0) is 14.4. The summed E-state index contributed by atoms with van der Waals surface area (Å²) in [6.45, 7) is 4.32. The highest BCUT2D eigenvalue weighted by molar-refractivity contribution is 7.38. The van der Waals surface area contributed by atoms with Crippen molar-refractivity contribution in [3.05, 3.63) is 35.9 Å². The van der Waals surface area contributed by atoms with Gasteiger partial charge in [-0.15, -0.1) is 0 Å². The van der Waals surface area contributed by atoms with Gasteiger partial charge in [0.2, 0.25) is 0 Å². The quantitative estimate of drug-likeness (QED) is 0.619. The van der Waals surface area contributed by atoms with E-state index in [-0.39, 0.29) is 21.0 Å². The van der Waals surface area contributed by atoms with Crippen molar-refractivity contribution >= 4 is 8.58 Å². The molecule has 1 heterocycles. The molecule has 0 bridgehead atoms. The molecule has 0 spiro atoms. The van der Waals surface area contributed by atoms with Gasteiger partial charge in [0.25, 0.3) is 0 Å². The zero-order valence-electron chi connectivity index (χ0n) is 11.7. The van der Waals surface area contributed by atoms with Crippen molar-refractivity contribution in [3.63, 3.8) is 0 Å². The first-order chi connectivity index (χ1) is 9.74. The fraction of sp³-hybridized carbons (Fsp3) is 0.571. The first kappa shape index (κ1) is 15.8. The molecule has 0 radical (unpaired) electrons. The Bertz CT molecular complexity index is 382. The van der Waals surface area contributed by atoms with Gasteiger partial charge in [0.15, 0.2) is 18.6 Å². The molecule has 112 valence electrons. The number of hydrogen-bond acceptors (Lipinski definition) is 5. The van der Waals surface area contributed by atoms with Crippen molar-refractivity contribution in [1.29, 1.82) is 0 Å². The number of aliphatic hydroxyl groups is 1. The SMILES string of the molecule is CCOC(OC1OC(c2ccccc2)O[C@@H]1C)PCO. The minimum absolute atomic E-state index is 0.0364. The summed E-state index contributed by atoms with van der Waals surface area (Å²) in [5.74, 6) is 0. The second kappa shape index (κ2) is 8.03. The summed E-state index contributed by atoms with van der Waals surface area (Å²) >= 11 is 0. The lowest BCUT2D eigenvalue weighted by Gasteiger charge is -2.22. The van der Waals surface area contributed by atoms with Gasteiger partial charge in [-0.1, -0.05) is 30.3 Å². The molecular weight excluding hydrogens is 279 g/mol. The van der Waals surface area contributed by atoms with E-state index in [4.69, 9.17) is 24.1 Å². The molecule has 0 saturated carbocycles. The molecule has 1 aromatic carbocycles. The third-order valence-corrected chi connectivity index (χ3v) is 3.70. The smallest absolute Gasteiger partial charge is 0.190 e. The standard InChI is InChI=1S/C14H21O5P/c1-3-16-14(20-9-15)19-12-10(2)17-13(18-12)11-7-5-4-6-8-11/h4-8,10,12-15,20H,3,9H2,1-2H3/t10-,12?,13?,14?/m1/s1. The lowest BCUT2D eigenvalue weighted by atomic mass is 10.2. The van der Waals surface area contributed by atoms with Gasteiger partial charge in [-0.05, 0) is 22.4 Å². The Kier molecular flexibility index (Phi) is 6.36. The van der Waals surface area contributed by atoms with Gasteiger partial charge in [-0.2, -0.15) is 0 Å². The maximum absolute atomic E-state index is 9.01. The molecule has 0 aliphatic carbocycles. The van der Waals surface area contributed by atoms with Crippen LogP contribution in [0.15, 0.2) is 30.3 Å². The maximum atomic E-state index is 9.01. The summed E-state index contributed by atoms with van der Waals surface area (Å²) in [5.41, 5.74) is 0.961. The molecule has 1 aliphatic rings. The van der Waals surface area contributed by atoms with E-state index in [1.807, 2.05) is 44.2 Å². The number of rotatable bonds is 7. The molecular formula is C14H21O5P. The van der Waals surface area contributed by atoms with Gasteiger partial charge in [-0.25, -0.2) is 0 Å². The molecule has 0 aromatic heterocycles. The predicted octanol–water partition coefficient (Wildman–Crippen LogP) is 2.41. The molecule has 4 unspecified atom stereocenters. The summed E-state index contributed by atoms with van der Waals surface area (Å²) in [7, 11) is 0.163. The van der Waals surface area contributed by atoms with Gasteiger partial charge < -0.3 is 24.1 Å². The summed E-state index contributed by atoms with van der Waals surface area (Å²) in [6.07, 6.45) is -1.06. The van der Waals surface area contributed by atoms with Gasteiger partial charge in [0.1, 0.15) is 6.10 Å². The predicted molar refractivity (Wildman–Crippen MR) is 76.5 cm³/mol. The number of benzene rings is 1. The van der Waals surface area contributed by atoms with Crippen LogP contribution >= 0.6 is 8.58 Å². The van der Waals surface area contributed by atoms with E-state index in [0.29, 0.717) is 6.61 Å². The van der Waals surface area contributed by atoms with Crippen LogP contribution in [0.3, 0.4) is 0 Å². The minimum Gasteiger partial charge on any atom is -0.392 e. The Balaban J connectivity index is 1.93. The molecule has 1 saturated heterocycles. The van der Waals surface area contributed by atoms with E-state index in [2.05, 4.69) is 0 Å². The van der Waals surface area contributed by atoms with Gasteiger partial charge in [0.05, 0.1) is 6.35 Å². The van der Waals surface area contributed by atoms with Gasteiger partial charge >= 0.3 is 0 Å². The molecule has 1 fully saturated rings. The normalized spacial score (nSPS) is 28.2. The number of aliphatic hydroxyl groups excluding tert-OH is 1. The van der Waals surface area contributed by atoms with Gasteiger partial charge in [0, 0.05) is 12.2 Å². The maximum Gasteiger partial charge on any atom is 0.190 e. The molecule has 5 atom stereocenters. The summed E-state index contributed by atoms with van der Waals surface area (Å²) < 4.78 is 22.7. The molecule has 1 aliphatic heterocycles. The highest BCUT2D eigenvalue weighted by Crippen LogP contribution is 2.34. The molecule has 5 nitrogen and oxygen atoms in total. The lowest BCUT2D eigenvalue weighted by Crippen LogP contribution is -2.28. The Morgan fingerprint density at radius 1 is 1.30 bits per heavy atom. The average Bonchev–Trinajstić information content (AvgIpc) is 2.82. The Hall–Kier alpha value is -0.550. The second-order valence-corrected chi connectivity index (χ2v) is 5.57. The lowest BCUT2D eigenvalue weighted by molar-refractivity contribution is -0.209. The molecule has 6 heteroatoms. The third-order valence-electron chi connectivity index (χ3n) is 2.88. The van der Waals surface area contributed by atoms with Crippen molar-refractivity contribution in [2.24, 2.45) is 0 Å². The van der Waals surface area contributed by atoms with Crippen molar-refractivity contribution in [1.82, 2.24) is 0 Å². The van der Waals surface area contributed by atoms with Crippen LogP contribution in [-0.2, 0) is 18.9 Å².